The van der Waals surface area contributed by atoms with Gasteiger partial charge in [0.2, 0.25) is 0 Å². The number of benzene rings is 3. The summed E-state index contributed by atoms with van der Waals surface area (Å²) in [6.45, 7) is 6.51. The Morgan fingerprint density at radius 2 is 1.21 bits per heavy atom. The summed E-state index contributed by atoms with van der Waals surface area (Å²) >= 11 is 0. The lowest BCUT2D eigenvalue weighted by molar-refractivity contribution is -0.235. The number of ether oxygens (including phenoxy) is 4. The molecule has 0 amide bonds. The normalized spacial score (nSPS) is 24.1. The fourth-order valence-electron chi connectivity index (χ4n) is 6.41. The van der Waals surface area contributed by atoms with Gasteiger partial charge in [-0.05, 0) is 36.1 Å². The first kappa shape index (κ1) is 30.9. The van der Waals surface area contributed by atoms with Crippen LogP contribution in [0.15, 0.2) is 91.0 Å². The van der Waals surface area contributed by atoms with Crippen LogP contribution in [-0.2, 0) is 38.8 Å². The van der Waals surface area contributed by atoms with Crippen LogP contribution in [0.2, 0.25) is 0 Å². The van der Waals surface area contributed by atoms with Crippen LogP contribution in [-0.4, -0.2) is 55.1 Å². The average Bonchev–Trinajstić information content (AvgIpc) is 3.44. The molecule has 0 saturated carbocycles. The minimum Gasteiger partial charge on any atom is -0.374 e. The Labute approximate surface area is 253 Å². The quantitative estimate of drug-likeness (QED) is 0.156. The maximum atomic E-state index is 6.87. The molecule has 2 fully saturated rings. The summed E-state index contributed by atoms with van der Waals surface area (Å²) in [6.07, 6.45) is 8.38. The molecule has 42 heavy (non-hydrogen) atoms. The Morgan fingerprint density at radius 3 is 1.83 bits per heavy atom. The molecule has 0 aromatic heterocycles. The molecule has 0 spiro atoms. The van der Waals surface area contributed by atoms with Gasteiger partial charge in [0.1, 0.15) is 18.3 Å². The lowest BCUT2D eigenvalue weighted by Crippen LogP contribution is -2.62. The van der Waals surface area contributed by atoms with Crippen LogP contribution >= 0.6 is 0 Å². The molecule has 5 rings (SSSR count). The van der Waals surface area contributed by atoms with E-state index >= 15 is 0 Å². The third-order valence-electron chi connectivity index (χ3n) is 8.64. The van der Waals surface area contributed by atoms with E-state index in [1.807, 2.05) is 12.1 Å². The van der Waals surface area contributed by atoms with E-state index in [2.05, 4.69) is 90.7 Å². The molecular weight excluding hydrogens is 522 g/mol. The highest BCUT2D eigenvalue weighted by Crippen LogP contribution is 2.36. The topological polar surface area (TPSA) is 40.2 Å². The van der Waals surface area contributed by atoms with Crippen LogP contribution in [0.25, 0.3) is 0 Å². The SMILES string of the molecule is CCCCCCCCN1CCC2OC(COCc3ccccc3)C(OCc3ccccc3)C(OCc3ccccc3)C21. The Kier molecular flexibility index (Phi) is 12.5. The predicted molar refractivity (Wildman–Crippen MR) is 168 cm³/mol. The Bertz CT molecular complexity index is 1130. The maximum absolute atomic E-state index is 6.87. The minimum absolute atomic E-state index is 0.111. The van der Waals surface area contributed by atoms with E-state index in [4.69, 9.17) is 18.9 Å². The number of likely N-dealkylation sites (tertiary alicyclic amines) is 1. The number of rotatable bonds is 17. The van der Waals surface area contributed by atoms with E-state index in [-0.39, 0.29) is 30.5 Å². The van der Waals surface area contributed by atoms with Crippen LogP contribution in [0, 0.1) is 0 Å². The summed E-state index contributed by atoms with van der Waals surface area (Å²) in [5, 5.41) is 0. The fourth-order valence-corrected chi connectivity index (χ4v) is 6.41. The number of fused-ring (bicyclic) bond motifs is 1. The molecule has 0 radical (unpaired) electrons. The molecule has 2 heterocycles. The highest BCUT2D eigenvalue weighted by molar-refractivity contribution is 5.16. The van der Waals surface area contributed by atoms with Crippen molar-refractivity contribution in [3.05, 3.63) is 108 Å². The Morgan fingerprint density at radius 1 is 0.667 bits per heavy atom. The fraction of sp³-hybridized carbons (Fsp3) is 0.514. The zero-order chi connectivity index (χ0) is 28.8. The van der Waals surface area contributed by atoms with E-state index < -0.39 is 0 Å². The van der Waals surface area contributed by atoms with Crippen LogP contribution in [0.5, 0.6) is 0 Å². The van der Waals surface area contributed by atoms with Crippen molar-refractivity contribution in [1.29, 1.82) is 0 Å². The molecule has 0 bridgehead atoms. The van der Waals surface area contributed by atoms with Crippen molar-refractivity contribution in [1.82, 2.24) is 4.90 Å². The van der Waals surface area contributed by atoms with Crippen molar-refractivity contribution >= 4 is 0 Å². The molecule has 5 nitrogen and oxygen atoms in total. The van der Waals surface area contributed by atoms with Crippen molar-refractivity contribution in [3.8, 4) is 0 Å². The van der Waals surface area contributed by atoms with E-state index in [0.29, 0.717) is 26.4 Å². The third-order valence-corrected chi connectivity index (χ3v) is 8.64. The summed E-state index contributed by atoms with van der Waals surface area (Å²) < 4.78 is 26.7. The van der Waals surface area contributed by atoms with Gasteiger partial charge in [-0.2, -0.15) is 0 Å². The smallest absolute Gasteiger partial charge is 0.114 e. The Balaban J connectivity index is 1.32. The van der Waals surface area contributed by atoms with Gasteiger partial charge in [0, 0.05) is 6.54 Å². The highest BCUT2D eigenvalue weighted by atomic mass is 16.6. The maximum Gasteiger partial charge on any atom is 0.114 e. The average molecular weight is 572 g/mol. The number of nitrogens with zero attached hydrogens (tertiary/aromatic N) is 1. The van der Waals surface area contributed by atoms with E-state index in [1.165, 1.54) is 44.1 Å². The van der Waals surface area contributed by atoms with E-state index in [9.17, 15) is 0 Å². The first-order valence-electron chi connectivity index (χ1n) is 16.1. The van der Waals surface area contributed by atoms with Gasteiger partial charge in [-0.25, -0.2) is 0 Å². The lowest BCUT2D eigenvalue weighted by Gasteiger charge is -2.46. The number of unbranched alkanes of at least 4 members (excludes halogenated alkanes) is 5. The van der Waals surface area contributed by atoms with Crippen molar-refractivity contribution < 1.29 is 18.9 Å². The largest absolute Gasteiger partial charge is 0.374 e. The third kappa shape index (κ3) is 8.98. The van der Waals surface area contributed by atoms with Gasteiger partial charge in [-0.3, -0.25) is 4.90 Å². The van der Waals surface area contributed by atoms with Gasteiger partial charge in [-0.15, -0.1) is 0 Å². The van der Waals surface area contributed by atoms with Crippen LogP contribution in [0.1, 0.15) is 68.6 Å². The second-order valence-corrected chi connectivity index (χ2v) is 11.8. The molecule has 0 N–H and O–H groups in total. The molecule has 0 aliphatic carbocycles. The van der Waals surface area contributed by atoms with Crippen LogP contribution < -0.4 is 0 Å². The summed E-state index contributed by atoms with van der Waals surface area (Å²) in [5.74, 6) is 0. The minimum atomic E-state index is -0.240. The van der Waals surface area contributed by atoms with Crippen molar-refractivity contribution in [2.45, 2.75) is 102 Å². The van der Waals surface area contributed by atoms with E-state index in [0.717, 1.165) is 30.6 Å². The lowest BCUT2D eigenvalue weighted by atomic mass is 9.92. The zero-order valence-corrected chi connectivity index (χ0v) is 25.3. The number of hydrogen-bond acceptors (Lipinski definition) is 5. The second kappa shape index (κ2) is 16.9. The Hall–Kier alpha value is -2.54. The molecule has 5 heteroatoms. The van der Waals surface area contributed by atoms with Crippen molar-refractivity contribution in [3.63, 3.8) is 0 Å². The summed E-state index contributed by atoms with van der Waals surface area (Å²) in [5.41, 5.74) is 3.50. The summed E-state index contributed by atoms with van der Waals surface area (Å²) in [7, 11) is 0. The van der Waals surface area contributed by atoms with Gasteiger partial charge >= 0.3 is 0 Å². The van der Waals surface area contributed by atoms with Gasteiger partial charge in [0.25, 0.3) is 0 Å². The molecule has 3 aromatic carbocycles. The summed E-state index contributed by atoms with van der Waals surface area (Å²) in [4.78, 5) is 2.63. The highest BCUT2D eigenvalue weighted by Gasteiger charge is 2.52. The molecule has 2 aliphatic rings. The summed E-state index contributed by atoms with van der Waals surface area (Å²) in [6, 6.07) is 31.4. The molecule has 2 aliphatic heterocycles. The van der Waals surface area contributed by atoms with Crippen molar-refractivity contribution in [2.75, 3.05) is 19.7 Å². The van der Waals surface area contributed by atoms with Crippen LogP contribution in [0.4, 0.5) is 0 Å². The van der Waals surface area contributed by atoms with E-state index in [1.54, 1.807) is 0 Å². The zero-order valence-electron chi connectivity index (χ0n) is 25.3. The molecular formula is C37H49NO4. The van der Waals surface area contributed by atoms with Crippen molar-refractivity contribution in [2.24, 2.45) is 0 Å². The monoisotopic (exact) mass is 571 g/mol. The number of hydrogen-bond donors (Lipinski definition) is 0. The first-order chi connectivity index (χ1) is 20.8. The second-order valence-electron chi connectivity index (χ2n) is 11.8. The van der Waals surface area contributed by atoms with Gasteiger partial charge in [-0.1, -0.05) is 130 Å². The van der Waals surface area contributed by atoms with Gasteiger partial charge in [0.05, 0.1) is 38.6 Å². The standard InChI is InChI=1S/C37H49NO4/c1-2-3-4-5-6-16-24-38-25-23-33-35(38)37(41-28-32-21-14-9-15-22-32)36(40-27-31-19-12-8-13-20-31)34(42-33)29-39-26-30-17-10-7-11-18-30/h7-15,17-22,33-37H,2-6,16,23-29H2,1H3. The molecule has 5 atom stereocenters. The predicted octanol–water partition coefficient (Wildman–Crippen LogP) is 7.58. The molecule has 2 saturated heterocycles. The molecule has 3 aromatic rings. The molecule has 226 valence electrons. The van der Waals surface area contributed by atoms with Gasteiger partial charge in [0.15, 0.2) is 0 Å². The first-order valence-corrected chi connectivity index (χ1v) is 16.1. The van der Waals surface area contributed by atoms with Gasteiger partial charge < -0.3 is 18.9 Å². The van der Waals surface area contributed by atoms with Crippen LogP contribution in [0.3, 0.4) is 0 Å². The molecule has 5 unspecified atom stereocenters.